The zero-order chi connectivity index (χ0) is 13.1. The summed E-state index contributed by atoms with van der Waals surface area (Å²) >= 11 is 0. The van der Waals surface area contributed by atoms with E-state index in [2.05, 4.69) is 0 Å². The first-order chi connectivity index (χ1) is 8.69. The molecule has 0 saturated carbocycles. The normalized spacial score (nSPS) is 19.7. The Morgan fingerprint density at radius 1 is 1.50 bits per heavy atom. The number of hydrogen-bond acceptors (Lipinski definition) is 4. The summed E-state index contributed by atoms with van der Waals surface area (Å²) in [4.78, 5) is 13.8. The van der Waals surface area contributed by atoms with E-state index in [1.807, 2.05) is 24.3 Å². The van der Waals surface area contributed by atoms with Crippen molar-refractivity contribution in [2.75, 3.05) is 24.6 Å². The fourth-order valence-electron chi connectivity index (χ4n) is 2.43. The summed E-state index contributed by atoms with van der Waals surface area (Å²) in [6, 6.07) is 6.94. The highest BCUT2D eigenvalue weighted by Crippen LogP contribution is 2.37. The van der Waals surface area contributed by atoms with Crippen molar-refractivity contribution in [3.05, 3.63) is 29.8 Å². The molecule has 1 aliphatic rings. The lowest BCUT2D eigenvalue weighted by Crippen LogP contribution is -2.45. The third-order valence-electron chi connectivity index (χ3n) is 3.37. The monoisotopic (exact) mass is 249 g/mol. The van der Waals surface area contributed by atoms with E-state index in [0.29, 0.717) is 13.1 Å². The van der Waals surface area contributed by atoms with Crippen LogP contribution in [0.5, 0.6) is 0 Å². The van der Waals surface area contributed by atoms with E-state index in [9.17, 15) is 4.79 Å². The van der Waals surface area contributed by atoms with Gasteiger partial charge < -0.3 is 21.5 Å². The Kier molecular flexibility index (Phi) is 3.96. The van der Waals surface area contributed by atoms with Gasteiger partial charge in [0, 0.05) is 18.2 Å². The van der Waals surface area contributed by atoms with Crippen LogP contribution in [0.2, 0.25) is 0 Å². The van der Waals surface area contributed by atoms with Gasteiger partial charge in [-0.2, -0.15) is 0 Å². The van der Waals surface area contributed by atoms with E-state index in [4.69, 9.17) is 16.6 Å². The Balaban J connectivity index is 2.28. The Morgan fingerprint density at radius 2 is 2.22 bits per heavy atom. The third-order valence-corrected chi connectivity index (χ3v) is 3.37. The Bertz CT molecular complexity index is 436. The second-order valence-electron chi connectivity index (χ2n) is 4.57. The molecule has 98 valence electrons. The molecule has 18 heavy (non-hydrogen) atoms. The molecule has 1 aromatic carbocycles. The number of carbonyl (C=O) groups excluding carboxylic acids is 1. The van der Waals surface area contributed by atoms with Gasteiger partial charge in [0.2, 0.25) is 5.91 Å². The van der Waals surface area contributed by atoms with Crippen LogP contribution in [-0.4, -0.2) is 36.8 Å². The lowest BCUT2D eigenvalue weighted by atomic mass is 9.98. The fourth-order valence-corrected chi connectivity index (χ4v) is 2.43. The van der Waals surface area contributed by atoms with E-state index < -0.39 is 6.04 Å². The highest BCUT2D eigenvalue weighted by molar-refractivity contribution is 5.99. The van der Waals surface area contributed by atoms with Crippen LogP contribution in [0, 0.1) is 0 Å². The van der Waals surface area contributed by atoms with Gasteiger partial charge >= 0.3 is 0 Å². The molecular weight excluding hydrogens is 230 g/mol. The molecule has 0 radical (unpaired) electrons. The predicted molar refractivity (Wildman–Crippen MR) is 70.3 cm³/mol. The van der Waals surface area contributed by atoms with E-state index in [0.717, 1.165) is 17.7 Å². The van der Waals surface area contributed by atoms with Gasteiger partial charge in [0.15, 0.2) is 0 Å². The van der Waals surface area contributed by atoms with E-state index in [-0.39, 0.29) is 18.4 Å². The van der Waals surface area contributed by atoms with Crippen molar-refractivity contribution in [1.82, 2.24) is 0 Å². The molecular formula is C13H19N3O2. The van der Waals surface area contributed by atoms with Crippen molar-refractivity contribution in [2.45, 2.75) is 18.4 Å². The number of hydrogen-bond donors (Lipinski definition) is 3. The maximum Gasteiger partial charge on any atom is 0.246 e. The van der Waals surface area contributed by atoms with Crippen LogP contribution in [0.15, 0.2) is 24.3 Å². The molecule has 1 aliphatic heterocycles. The Labute approximate surface area is 106 Å². The summed E-state index contributed by atoms with van der Waals surface area (Å²) in [5.74, 6) is 0.0329. The molecule has 5 heteroatoms. The quantitative estimate of drug-likeness (QED) is 0.688. The number of aliphatic hydroxyl groups is 1. The zero-order valence-corrected chi connectivity index (χ0v) is 10.2. The minimum atomic E-state index is -0.852. The number of para-hydroxylation sites is 1. The van der Waals surface area contributed by atoms with Gasteiger partial charge in [-0.05, 0) is 24.6 Å². The number of rotatable bonds is 4. The van der Waals surface area contributed by atoms with Crippen LogP contribution in [-0.2, 0) is 4.79 Å². The van der Waals surface area contributed by atoms with Gasteiger partial charge in [-0.3, -0.25) is 4.79 Å². The number of anilines is 1. The van der Waals surface area contributed by atoms with Crippen LogP contribution >= 0.6 is 0 Å². The molecule has 0 bridgehead atoms. The van der Waals surface area contributed by atoms with Crippen molar-refractivity contribution < 1.29 is 9.90 Å². The van der Waals surface area contributed by atoms with Crippen LogP contribution in [0.25, 0.3) is 0 Å². The summed E-state index contributed by atoms with van der Waals surface area (Å²) in [7, 11) is 0. The first kappa shape index (κ1) is 13.0. The summed E-state index contributed by atoms with van der Waals surface area (Å²) in [6.07, 6.45) is 0.842. The lowest BCUT2D eigenvalue weighted by Gasteiger charge is -2.20. The molecule has 0 fully saturated rings. The van der Waals surface area contributed by atoms with Crippen LogP contribution in [0.3, 0.4) is 0 Å². The largest absolute Gasteiger partial charge is 0.394 e. The average molecular weight is 249 g/mol. The molecule has 0 aliphatic carbocycles. The number of nitrogens with two attached hydrogens (primary N) is 2. The highest BCUT2D eigenvalue weighted by Gasteiger charge is 2.33. The third kappa shape index (κ3) is 2.25. The van der Waals surface area contributed by atoms with Crippen LogP contribution < -0.4 is 16.4 Å². The summed E-state index contributed by atoms with van der Waals surface area (Å²) < 4.78 is 0. The van der Waals surface area contributed by atoms with Crippen LogP contribution in [0.4, 0.5) is 5.69 Å². The minimum Gasteiger partial charge on any atom is -0.394 e. The molecule has 0 saturated heterocycles. The predicted octanol–water partition coefficient (Wildman–Crippen LogP) is -0.215. The Morgan fingerprint density at radius 3 is 2.89 bits per heavy atom. The number of carbonyl (C=O) groups is 1. The number of benzene rings is 1. The molecule has 1 amide bonds. The smallest absolute Gasteiger partial charge is 0.246 e. The second kappa shape index (κ2) is 5.48. The van der Waals surface area contributed by atoms with Gasteiger partial charge in [-0.15, -0.1) is 0 Å². The first-order valence-corrected chi connectivity index (χ1v) is 6.15. The molecule has 1 heterocycles. The molecule has 2 atom stereocenters. The number of amides is 1. The van der Waals surface area contributed by atoms with Crippen molar-refractivity contribution in [2.24, 2.45) is 11.5 Å². The maximum absolute atomic E-state index is 12.1. The number of fused-ring (bicyclic) bond motifs is 1. The van der Waals surface area contributed by atoms with Gasteiger partial charge in [-0.1, -0.05) is 18.2 Å². The van der Waals surface area contributed by atoms with Crippen molar-refractivity contribution in [3.63, 3.8) is 0 Å². The summed E-state index contributed by atoms with van der Waals surface area (Å²) in [5.41, 5.74) is 13.2. The summed E-state index contributed by atoms with van der Waals surface area (Å²) in [6.45, 7) is 0.856. The van der Waals surface area contributed by atoms with Gasteiger partial charge in [0.25, 0.3) is 0 Å². The fraction of sp³-hybridized carbons (Fsp3) is 0.462. The molecule has 2 rings (SSSR count). The van der Waals surface area contributed by atoms with Crippen molar-refractivity contribution in [1.29, 1.82) is 0 Å². The highest BCUT2D eigenvalue weighted by atomic mass is 16.3. The SMILES string of the molecule is NCCC1CN(C(=O)C(N)CO)c2ccccc21. The molecule has 0 aromatic heterocycles. The topological polar surface area (TPSA) is 92.6 Å². The second-order valence-corrected chi connectivity index (χ2v) is 4.57. The van der Waals surface area contributed by atoms with Crippen LogP contribution in [0.1, 0.15) is 17.9 Å². The van der Waals surface area contributed by atoms with E-state index in [1.165, 1.54) is 0 Å². The first-order valence-electron chi connectivity index (χ1n) is 6.15. The van der Waals surface area contributed by atoms with Crippen molar-refractivity contribution >= 4 is 11.6 Å². The van der Waals surface area contributed by atoms with E-state index in [1.54, 1.807) is 4.90 Å². The Hall–Kier alpha value is -1.43. The van der Waals surface area contributed by atoms with E-state index >= 15 is 0 Å². The average Bonchev–Trinajstić information content (AvgIpc) is 2.77. The summed E-state index contributed by atoms with van der Waals surface area (Å²) in [5, 5.41) is 8.99. The lowest BCUT2D eigenvalue weighted by molar-refractivity contribution is -0.120. The maximum atomic E-state index is 12.1. The molecule has 5 N–H and O–H groups in total. The van der Waals surface area contributed by atoms with Gasteiger partial charge in [0.05, 0.1) is 6.61 Å². The molecule has 5 nitrogen and oxygen atoms in total. The van der Waals surface area contributed by atoms with Crippen molar-refractivity contribution in [3.8, 4) is 0 Å². The minimum absolute atomic E-state index is 0.232. The number of aliphatic hydroxyl groups excluding tert-OH is 1. The zero-order valence-electron chi connectivity index (χ0n) is 10.2. The van der Waals surface area contributed by atoms with Gasteiger partial charge in [-0.25, -0.2) is 0 Å². The molecule has 1 aromatic rings. The van der Waals surface area contributed by atoms with Gasteiger partial charge in [0.1, 0.15) is 6.04 Å². The number of nitrogens with zero attached hydrogens (tertiary/aromatic N) is 1. The molecule has 2 unspecified atom stereocenters. The standard InChI is InChI=1S/C13H19N3O2/c14-6-5-9-7-16(13(18)11(15)8-17)12-4-2-1-3-10(9)12/h1-4,9,11,17H,5-8,14-15H2. The molecule has 0 spiro atoms.